The van der Waals surface area contributed by atoms with Gasteiger partial charge in [0.25, 0.3) is 11.8 Å². The van der Waals surface area contributed by atoms with Crippen LogP contribution in [-0.2, 0) is 24.0 Å². The topological polar surface area (TPSA) is 159 Å². The zero-order valence-electron chi connectivity index (χ0n) is 17.2. The predicted molar refractivity (Wildman–Crippen MR) is 114 cm³/mol. The van der Waals surface area contributed by atoms with Gasteiger partial charge < -0.3 is 30.5 Å². The third kappa shape index (κ3) is 4.95. The molecular weight excluding hydrogens is 489 g/mol. The van der Waals surface area contributed by atoms with E-state index in [1.165, 1.54) is 35.5 Å². The van der Waals surface area contributed by atoms with Crippen LogP contribution in [0, 0.1) is 0 Å². The molecule has 11 nitrogen and oxygen atoms in total. The van der Waals surface area contributed by atoms with Gasteiger partial charge in [0.15, 0.2) is 10.8 Å². The zero-order valence-corrected chi connectivity index (χ0v) is 21.7. The van der Waals surface area contributed by atoms with Crippen LogP contribution in [-0.4, -0.2) is 76.1 Å². The van der Waals surface area contributed by atoms with Crippen molar-refractivity contribution in [3.8, 4) is 0 Å². The van der Waals surface area contributed by atoms with E-state index in [9.17, 15) is 19.5 Å². The largest absolute Gasteiger partial charge is 1.00 e. The number of nitrogens with two attached hydrogens (primary N) is 1. The van der Waals surface area contributed by atoms with E-state index in [0.717, 1.165) is 17.8 Å². The number of rotatable bonds is 7. The predicted octanol–water partition coefficient (Wildman–Crippen LogP) is -4.04. The van der Waals surface area contributed by atoms with E-state index >= 15 is 0 Å². The third-order valence-corrected chi connectivity index (χ3v) is 8.24. The molecule has 4 heterocycles. The number of thioether (sulfide) groups is 2. The minimum atomic E-state index is -1.41. The van der Waals surface area contributed by atoms with E-state index in [4.69, 9.17) is 15.3 Å². The second-order valence-corrected chi connectivity index (χ2v) is 10.1. The van der Waals surface area contributed by atoms with Crippen LogP contribution in [0.3, 0.4) is 0 Å². The number of carbonyl (C=O) groups is 3. The van der Waals surface area contributed by atoms with Gasteiger partial charge in [-0.3, -0.25) is 14.5 Å². The van der Waals surface area contributed by atoms with E-state index in [1.807, 2.05) is 0 Å². The number of thiazole rings is 1. The van der Waals surface area contributed by atoms with Crippen LogP contribution in [0.5, 0.6) is 0 Å². The van der Waals surface area contributed by atoms with Crippen molar-refractivity contribution in [3.05, 3.63) is 21.7 Å². The summed E-state index contributed by atoms with van der Waals surface area (Å²) in [6.07, 6.45) is 0.817. The van der Waals surface area contributed by atoms with Crippen LogP contribution in [0.2, 0.25) is 0 Å². The summed E-state index contributed by atoms with van der Waals surface area (Å²) in [4.78, 5) is 47.8. The van der Waals surface area contributed by atoms with Crippen molar-refractivity contribution in [2.45, 2.75) is 23.1 Å². The number of amides is 2. The van der Waals surface area contributed by atoms with Gasteiger partial charge in [-0.2, -0.15) is 0 Å². The summed E-state index contributed by atoms with van der Waals surface area (Å²) >= 11 is 3.92. The SMILES string of the molecule is CO/N=C(\C(=O)NC1C(=O)N2C(C(=O)[O-])=C(SC3CCOC3)CSC12)c1csc(N)n1.[Na+]. The number of aromatic nitrogens is 1. The van der Waals surface area contributed by atoms with Gasteiger partial charge in [0.1, 0.15) is 24.2 Å². The van der Waals surface area contributed by atoms with Crippen LogP contribution in [0.15, 0.2) is 21.1 Å². The summed E-state index contributed by atoms with van der Waals surface area (Å²) in [7, 11) is 1.28. The monoisotopic (exact) mass is 507 g/mol. The van der Waals surface area contributed by atoms with Crippen molar-refractivity contribution < 1.29 is 58.6 Å². The number of nitrogens with zero attached hydrogens (tertiary/aromatic N) is 3. The first-order chi connectivity index (χ1) is 14.9. The Bertz CT molecular complexity index is 980. The Morgan fingerprint density at radius 2 is 2.28 bits per heavy atom. The number of nitrogens with one attached hydrogen (secondary N) is 1. The van der Waals surface area contributed by atoms with Crippen LogP contribution in [0.25, 0.3) is 0 Å². The summed E-state index contributed by atoms with van der Waals surface area (Å²) in [5, 5.41) is 19.5. The number of carbonyl (C=O) groups excluding carboxylic acids is 3. The second kappa shape index (κ2) is 10.8. The first kappa shape index (κ1) is 25.3. The molecule has 0 bridgehead atoms. The number of ether oxygens (including phenoxy) is 1. The normalized spacial score (nSPS) is 25.0. The van der Waals surface area contributed by atoms with Gasteiger partial charge >= 0.3 is 29.6 Å². The fraction of sp³-hybridized carbons (Fsp3) is 0.471. The molecule has 0 saturated carbocycles. The van der Waals surface area contributed by atoms with E-state index in [0.29, 0.717) is 23.9 Å². The Balaban J connectivity index is 0.00000289. The first-order valence-electron chi connectivity index (χ1n) is 9.17. The van der Waals surface area contributed by atoms with Crippen LogP contribution in [0.4, 0.5) is 5.13 Å². The molecule has 1 aromatic heterocycles. The summed E-state index contributed by atoms with van der Waals surface area (Å²) in [5.41, 5.74) is 5.57. The molecule has 1 aromatic rings. The number of nitrogen functional groups attached to an aromatic ring is 1. The Labute approximate surface area is 217 Å². The molecule has 2 fully saturated rings. The molecule has 3 atom stereocenters. The quantitative estimate of drug-likeness (QED) is 0.161. The van der Waals surface area contributed by atoms with Gasteiger partial charge in [-0.15, -0.1) is 34.9 Å². The van der Waals surface area contributed by atoms with Crippen molar-refractivity contribution in [3.63, 3.8) is 0 Å². The maximum atomic E-state index is 12.8. The van der Waals surface area contributed by atoms with Crippen LogP contribution < -0.4 is 45.7 Å². The molecule has 3 aliphatic rings. The number of hydrogen-bond donors (Lipinski definition) is 2. The average molecular weight is 508 g/mol. The summed E-state index contributed by atoms with van der Waals surface area (Å²) in [6, 6.07) is -0.911. The number of oxime groups is 1. The summed E-state index contributed by atoms with van der Waals surface area (Å²) in [6.45, 7) is 1.17. The second-order valence-electron chi connectivity index (χ2n) is 6.72. The molecule has 2 saturated heterocycles. The molecule has 4 rings (SSSR count). The molecule has 32 heavy (non-hydrogen) atoms. The number of anilines is 1. The maximum Gasteiger partial charge on any atom is 1.00 e. The van der Waals surface area contributed by atoms with E-state index in [2.05, 4.69) is 15.5 Å². The molecule has 0 aromatic carbocycles. The Kier molecular flexibility index (Phi) is 8.52. The minimum absolute atomic E-state index is 0. The molecular formula is C17H18N5NaO6S3. The first-order valence-corrected chi connectivity index (χ1v) is 12.0. The average Bonchev–Trinajstić information content (AvgIpc) is 3.41. The maximum absolute atomic E-state index is 12.8. The molecule has 15 heteroatoms. The molecule has 166 valence electrons. The van der Waals surface area contributed by atoms with Gasteiger partial charge in [-0.05, 0) is 6.42 Å². The Morgan fingerprint density at radius 1 is 1.50 bits per heavy atom. The number of carboxylic acid groups (broad SMARTS) is 1. The zero-order chi connectivity index (χ0) is 22.1. The van der Waals surface area contributed by atoms with Gasteiger partial charge in [-0.1, -0.05) is 5.16 Å². The fourth-order valence-corrected chi connectivity index (χ4v) is 6.67. The van der Waals surface area contributed by atoms with E-state index in [1.54, 1.807) is 5.38 Å². The molecule has 0 radical (unpaired) electrons. The number of β-lactam (4-membered cyclic amide) rings is 1. The molecule has 3 unspecified atom stereocenters. The van der Waals surface area contributed by atoms with Crippen molar-refractivity contribution in [2.75, 3.05) is 31.8 Å². The molecule has 0 spiro atoms. The van der Waals surface area contributed by atoms with Gasteiger partial charge in [0.05, 0.1) is 18.3 Å². The summed E-state index contributed by atoms with van der Waals surface area (Å²) in [5.74, 6) is -2.22. The minimum Gasteiger partial charge on any atom is -0.543 e. The number of fused-ring (bicyclic) bond motifs is 1. The number of aliphatic carboxylic acids is 1. The van der Waals surface area contributed by atoms with Gasteiger partial charge in [0.2, 0.25) is 0 Å². The van der Waals surface area contributed by atoms with Crippen molar-refractivity contribution in [1.82, 2.24) is 15.2 Å². The Hall–Kier alpha value is -1.29. The van der Waals surface area contributed by atoms with Crippen molar-refractivity contribution >= 4 is 63.5 Å². The van der Waals surface area contributed by atoms with Crippen LogP contribution in [0.1, 0.15) is 12.1 Å². The van der Waals surface area contributed by atoms with Gasteiger partial charge in [0, 0.05) is 27.9 Å². The van der Waals surface area contributed by atoms with E-state index < -0.39 is 29.2 Å². The number of hydrogen-bond acceptors (Lipinski definition) is 12. The molecule has 3 N–H and O–H groups in total. The van der Waals surface area contributed by atoms with E-state index in [-0.39, 0.29) is 57.0 Å². The Morgan fingerprint density at radius 3 is 2.88 bits per heavy atom. The molecule has 2 amide bonds. The third-order valence-electron chi connectivity index (χ3n) is 4.77. The van der Waals surface area contributed by atoms with Gasteiger partial charge in [-0.25, -0.2) is 4.98 Å². The number of carboxylic acids is 1. The smallest absolute Gasteiger partial charge is 0.543 e. The van der Waals surface area contributed by atoms with Crippen molar-refractivity contribution in [1.29, 1.82) is 0 Å². The standard InChI is InChI=1S/C17H19N5O6S3.Na/c1-27-21-10(8-5-30-17(18)19-8)13(23)20-11-14(24)22-12(16(25)26)9(6-29-15(11)22)31-7-2-3-28-4-7;/h5,7,11,15H,2-4,6H2,1H3,(H2,18,19)(H,20,23)(H,25,26);/q;+1/p-1/b21-10-;. The molecule has 0 aliphatic carbocycles. The summed E-state index contributed by atoms with van der Waals surface area (Å²) < 4.78 is 5.34. The van der Waals surface area contributed by atoms with Crippen LogP contribution >= 0.6 is 34.9 Å². The molecule has 3 aliphatic heterocycles. The van der Waals surface area contributed by atoms with Crippen molar-refractivity contribution in [2.24, 2.45) is 5.16 Å². The fourth-order valence-electron chi connectivity index (χ4n) is 3.38.